The molecule has 0 aliphatic carbocycles. The van der Waals surface area contributed by atoms with E-state index < -0.39 is 17.6 Å². The highest BCUT2D eigenvalue weighted by molar-refractivity contribution is 6.04. The molecule has 0 saturated heterocycles. The van der Waals surface area contributed by atoms with Crippen LogP contribution in [0.3, 0.4) is 0 Å². The van der Waals surface area contributed by atoms with Gasteiger partial charge in [0.2, 0.25) is 0 Å². The number of alkyl halides is 3. The van der Waals surface area contributed by atoms with Gasteiger partial charge in [-0.25, -0.2) is 0 Å². The van der Waals surface area contributed by atoms with E-state index in [0.717, 1.165) is 23.4 Å². The first-order valence-electron chi connectivity index (χ1n) is 10.6. The molecule has 0 atom stereocenters. The molecule has 1 amide bonds. The zero-order valence-corrected chi connectivity index (χ0v) is 18.7. The summed E-state index contributed by atoms with van der Waals surface area (Å²) in [5.41, 5.74) is 1.60. The molecule has 0 aliphatic heterocycles. The Bertz CT molecular complexity index is 1090. The lowest BCUT2D eigenvalue weighted by Crippen LogP contribution is -2.13. The second-order valence-corrected chi connectivity index (χ2v) is 7.77. The summed E-state index contributed by atoms with van der Waals surface area (Å²) in [6, 6.07) is 17.0. The fraction of sp³-hybridized carbons (Fsp3) is 0.269. The lowest BCUT2D eigenvalue weighted by Gasteiger charge is -2.16. The highest BCUT2D eigenvalue weighted by Gasteiger charge is 2.30. The number of rotatable bonds is 8. The Hall–Kier alpha value is -3.48. The Morgan fingerprint density at radius 2 is 1.64 bits per heavy atom. The summed E-state index contributed by atoms with van der Waals surface area (Å²) in [6.45, 7) is 6.68. The zero-order valence-electron chi connectivity index (χ0n) is 18.7. The second-order valence-electron chi connectivity index (χ2n) is 7.77. The van der Waals surface area contributed by atoms with Crippen LogP contribution in [0.2, 0.25) is 0 Å². The van der Waals surface area contributed by atoms with Gasteiger partial charge in [0.15, 0.2) is 0 Å². The molecule has 33 heavy (non-hydrogen) atoms. The van der Waals surface area contributed by atoms with Gasteiger partial charge in [-0.3, -0.25) is 4.79 Å². The summed E-state index contributed by atoms with van der Waals surface area (Å²) in [5.74, 6) is 1.20. The third-order valence-corrected chi connectivity index (χ3v) is 5.02. The Morgan fingerprint density at radius 3 is 2.27 bits per heavy atom. The van der Waals surface area contributed by atoms with Crippen molar-refractivity contribution in [3.8, 4) is 11.5 Å². The van der Waals surface area contributed by atoms with Crippen LogP contribution in [-0.4, -0.2) is 12.5 Å². The molecule has 1 N–H and O–H groups in total. The number of para-hydroxylation sites is 1. The van der Waals surface area contributed by atoms with Crippen molar-refractivity contribution >= 4 is 11.6 Å². The molecule has 0 heterocycles. The quantitative estimate of drug-likeness (QED) is 0.394. The number of anilines is 1. The topological polar surface area (TPSA) is 47.6 Å². The summed E-state index contributed by atoms with van der Waals surface area (Å²) >= 11 is 0. The smallest absolute Gasteiger partial charge is 0.416 e. The number of amides is 1. The van der Waals surface area contributed by atoms with Gasteiger partial charge in [-0.1, -0.05) is 32.0 Å². The van der Waals surface area contributed by atoms with E-state index in [0.29, 0.717) is 23.5 Å². The molecule has 7 heteroatoms. The molecule has 3 aromatic rings. The van der Waals surface area contributed by atoms with E-state index in [-0.39, 0.29) is 18.2 Å². The summed E-state index contributed by atoms with van der Waals surface area (Å²) < 4.78 is 50.0. The Balaban J connectivity index is 1.78. The third-order valence-electron chi connectivity index (χ3n) is 5.02. The average Bonchev–Trinajstić information content (AvgIpc) is 2.78. The number of carbonyl (C=O) groups excluding carboxylic acids is 1. The Labute approximate surface area is 191 Å². The van der Waals surface area contributed by atoms with E-state index in [1.54, 1.807) is 18.2 Å². The molecule has 3 aromatic carbocycles. The Kier molecular flexibility index (Phi) is 7.63. The maximum absolute atomic E-state index is 12.7. The van der Waals surface area contributed by atoms with E-state index in [4.69, 9.17) is 9.47 Å². The first-order chi connectivity index (χ1) is 15.7. The van der Waals surface area contributed by atoms with E-state index in [1.807, 2.05) is 31.2 Å². The second kappa shape index (κ2) is 10.4. The van der Waals surface area contributed by atoms with Crippen LogP contribution in [0.15, 0.2) is 66.7 Å². The number of ether oxygens (including phenoxy) is 2. The summed E-state index contributed by atoms with van der Waals surface area (Å²) in [4.78, 5) is 12.7. The number of carbonyl (C=O) groups is 1. The van der Waals surface area contributed by atoms with Gasteiger partial charge in [-0.05, 0) is 66.9 Å². The van der Waals surface area contributed by atoms with E-state index >= 15 is 0 Å². The van der Waals surface area contributed by atoms with Gasteiger partial charge in [0.1, 0.15) is 18.1 Å². The minimum atomic E-state index is -4.43. The van der Waals surface area contributed by atoms with Crippen molar-refractivity contribution in [3.63, 3.8) is 0 Å². The van der Waals surface area contributed by atoms with Gasteiger partial charge in [-0.15, -0.1) is 0 Å². The third kappa shape index (κ3) is 6.28. The van der Waals surface area contributed by atoms with Gasteiger partial charge in [0.05, 0.1) is 12.2 Å². The minimum absolute atomic E-state index is 0.195. The highest BCUT2D eigenvalue weighted by atomic mass is 19.4. The van der Waals surface area contributed by atoms with Crippen LogP contribution in [0.4, 0.5) is 18.9 Å². The first-order valence-corrected chi connectivity index (χ1v) is 10.6. The van der Waals surface area contributed by atoms with Gasteiger partial charge in [0, 0.05) is 16.8 Å². The molecule has 0 unspecified atom stereocenters. The van der Waals surface area contributed by atoms with E-state index in [1.165, 1.54) is 12.1 Å². The zero-order chi connectivity index (χ0) is 24.0. The predicted molar refractivity (Wildman–Crippen MR) is 122 cm³/mol. The number of nitrogens with one attached hydrogen (secondary N) is 1. The first kappa shape index (κ1) is 24.2. The average molecular weight is 457 g/mol. The highest BCUT2D eigenvalue weighted by Crippen LogP contribution is 2.31. The number of hydrogen-bond acceptors (Lipinski definition) is 3. The van der Waals surface area contributed by atoms with Crippen molar-refractivity contribution in [2.24, 2.45) is 0 Å². The van der Waals surface area contributed by atoms with Crippen molar-refractivity contribution in [1.82, 2.24) is 0 Å². The minimum Gasteiger partial charge on any atom is -0.493 e. The van der Waals surface area contributed by atoms with Gasteiger partial charge < -0.3 is 14.8 Å². The lowest BCUT2D eigenvalue weighted by molar-refractivity contribution is -0.137. The molecule has 3 rings (SSSR count). The standard InChI is InChI=1S/C26H26F3NO3/c1-4-32-23-14-9-18(25(31)30-21-12-10-20(11-13-21)26(27,28)29)15-19(23)16-33-24-8-6-5-7-22(24)17(2)3/h5-15,17H,4,16H2,1-3H3,(H,30,31). The number of hydrogen-bond donors (Lipinski definition) is 1. The molecule has 0 fully saturated rings. The molecule has 0 spiro atoms. The van der Waals surface area contributed by atoms with E-state index in [2.05, 4.69) is 19.2 Å². The van der Waals surface area contributed by atoms with Crippen LogP contribution < -0.4 is 14.8 Å². The molecule has 0 bridgehead atoms. The molecule has 0 radical (unpaired) electrons. The van der Waals surface area contributed by atoms with Gasteiger partial charge in [-0.2, -0.15) is 13.2 Å². The normalized spacial score (nSPS) is 11.4. The van der Waals surface area contributed by atoms with Crippen molar-refractivity contribution in [3.05, 3.63) is 89.0 Å². The van der Waals surface area contributed by atoms with Gasteiger partial charge in [0.25, 0.3) is 5.91 Å². The van der Waals surface area contributed by atoms with Crippen LogP contribution in [0, 0.1) is 0 Å². The van der Waals surface area contributed by atoms with Crippen molar-refractivity contribution in [2.45, 2.75) is 39.5 Å². The summed E-state index contributed by atoms with van der Waals surface area (Å²) in [5, 5.41) is 2.63. The fourth-order valence-corrected chi connectivity index (χ4v) is 3.32. The summed E-state index contributed by atoms with van der Waals surface area (Å²) in [6.07, 6.45) is -4.43. The van der Waals surface area contributed by atoms with Crippen molar-refractivity contribution < 1.29 is 27.4 Å². The molecule has 174 valence electrons. The maximum atomic E-state index is 12.7. The number of halogens is 3. The van der Waals surface area contributed by atoms with Crippen LogP contribution in [0.1, 0.15) is 53.7 Å². The molecule has 0 aromatic heterocycles. The Morgan fingerprint density at radius 1 is 0.939 bits per heavy atom. The molecule has 0 aliphatic rings. The van der Waals surface area contributed by atoms with Crippen LogP contribution in [0.5, 0.6) is 11.5 Å². The number of benzene rings is 3. The van der Waals surface area contributed by atoms with Crippen LogP contribution >= 0.6 is 0 Å². The lowest BCUT2D eigenvalue weighted by atomic mass is 10.0. The predicted octanol–water partition coefficient (Wildman–Crippen LogP) is 7.06. The maximum Gasteiger partial charge on any atom is 0.416 e. The molecule has 4 nitrogen and oxygen atoms in total. The SMILES string of the molecule is CCOc1ccc(C(=O)Nc2ccc(C(F)(F)F)cc2)cc1COc1ccccc1C(C)C. The largest absolute Gasteiger partial charge is 0.493 e. The monoisotopic (exact) mass is 457 g/mol. The molecule has 0 saturated carbocycles. The van der Waals surface area contributed by atoms with Gasteiger partial charge >= 0.3 is 6.18 Å². The van der Waals surface area contributed by atoms with Crippen molar-refractivity contribution in [1.29, 1.82) is 0 Å². The van der Waals surface area contributed by atoms with E-state index in [9.17, 15) is 18.0 Å². The van der Waals surface area contributed by atoms with Crippen molar-refractivity contribution in [2.75, 3.05) is 11.9 Å². The van der Waals surface area contributed by atoms with Crippen LogP contribution in [0.25, 0.3) is 0 Å². The van der Waals surface area contributed by atoms with Crippen LogP contribution in [-0.2, 0) is 12.8 Å². The fourth-order valence-electron chi connectivity index (χ4n) is 3.32. The summed E-state index contributed by atoms with van der Waals surface area (Å²) in [7, 11) is 0. The molecular weight excluding hydrogens is 431 g/mol. The molecular formula is C26H26F3NO3.